The van der Waals surface area contributed by atoms with Gasteiger partial charge in [-0.3, -0.25) is 0 Å². The first-order valence-corrected chi connectivity index (χ1v) is 8.00. The molecule has 0 aromatic heterocycles. The molecule has 0 bridgehead atoms. The molecule has 0 heterocycles. The first-order chi connectivity index (χ1) is 10.8. The van der Waals surface area contributed by atoms with E-state index in [2.05, 4.69) is 70.5 Å². The van der Waals surface area contributed by atoms with E-state index in [1.807, 2.05) is 18.2 Å². The van der Waals surface area contributed by atoms with Gasteiger partial charge in [0.05, 0.1) is 0 Å². The molecule has 106 valence electrons. The molecule has 0 fully saturated rings. The van der Waals surface area contributed by atoms with E-state index in [0.29, 0.717) is 0 Å². The summed E-state index contributed by atoms with van der Waals surface area (Å²) in [6, 6.07) is 25.0. The van der Waals surface area contributed by atoms with Crippen LogP contribution in [-0.2, 0) is 0 Å². The minimum absolute atomic E-state index is 0.849. The fourth-order valence-corrected chi connectivity index (χ4v) is 3.60. The van der Waals surface area contributed by atoms with Crippen molar-refractivity contribution in [2.45, 2.75) is 0 Å². The van der Waals surface area contributed by atoms with Gasteiger partial charge in [0.15, 0.2) is 0 Å². The van der Waals surface area contributed by atoms with Crippen LogP contribution in [0.5, 0.6) is 0 Å². The molecule has 4 rings (SSSR count). The molecule has 22 heavy (non-hydrogen) atoms. The molecule has 0 aliphatic carbocycles. The number of hydrogen-bond acceptors (Lipinski definition) is 1. The normalized spacial score (nSPS) is 11.1. The molecule has 0 saturated heterocycles. The summed E-state index contributed by atoms with van der Waals surface area (Å²) in [6.45, 7) is 0. The summed E-state index contributed by atoms with van der Waals surface area (Å²) in [5, 5.41) is 4.58. The Morgan fingerprint density at radius 3 is 1.59 bits per heavy atom. The third-order valence-corrected chi connectivity index (χ3v) is 4.81. The highest BCUT2D eigenvalue weighted by Gasteiger charge is 2.14. The molecule has 0 spiro atoms. The van der Waals surface area contributed by atoms with Gasteiger partial charge < -0.3 is 5.73 Å². The molecular formula is C20H14BrN. The Labute approximate surface area is 137 Å². The SMILES string of the molecule is Nc1c2ccccc2c(-c2ccccc2Br)c2ccccc12. The average Bonchev–Trinajstić information content (AvgIpc) is 2.57. The molecule has 0 radical (unpaired) electrons. The van der Waals surface area contributed by atoms with Crippen molar-refractivity contribution in [2.75, 3.05) is 5.73 Å². The summed E-state index contributed by atoms with van der Waals surface area (Å²) in [7, 11) is 0. The van der Waals surface area contributed by atoms with Crippen molar-refractivity contribution in [1.82, 2.24) is 0 Å². The lowest BCUT2D eigenvalue weighted by Crippen LogP contribution is -1.93. The van der Waals surface area contributed by atoms with E-state index in [1.165, 1.54) is 21.9 Å². The van der Waals surface area contributed by atoms with E-state index in [1.54, 1.807) is 0 Å². The summed E-state index contributed by atoms with van der Waals surface area (Å²) < 4.78 is 1.09. The van der Waals surface area contributed by atoms with Crippen LogP contribution in [0.25, 0.3) is 32.7 Å². The quantitative estimate of drug-likeness (QED) is 0.331. The highest BCUT2D eigenvalue weighted by Crippen LogP contribution is 2.42. The lowest BCUT2D eigenvalue weighted by atomic mass is 9.91. The van der Waals surface area contributed by atoms with E-state index in [-0.39, 0.29) is 0 Å². The minimum Gasteiger partial charge on any atom is -0.398 e. The number of benzene rings is 4. The Bertz CT molecular complexity index is 948. The predicted molar refractivity (Wildman–Crippen MR) is 99.0 cm³/mol. The second-order valence-electron chi connectivity index (χ2n) is 5.36. The third-order valence-electron chi connectivity index (χ3n) is 4.12. The minimum atomic E-state index is 0.849. The number of rotatable bonds is 1. The van der Waals surface area contributed by atoms with Gasteiger partial charge in [0.25, 0.3) is 0 Å². The van der Waals surface area contributed by atoms with Crippen molar-refractivity contribution in [2.24, 2.45) is 0 Å². The van der Waals surface area contributed by atoms with Crippen LogP contribution in [0.2, 0.25) is 0 Å². The number of nitrogens with two attached hydrogens (primary N) is 1. The number of anilines is 1. The number of fused-ring (bicyclic) bond motifs is 2. The molecule has 0 unspecified atom stereocenters. The van der Waals surface area contributed by atoms with Crippen LogP contribution >= 0.6 is 15.9 Å². The Balaban J connectivity index is 2.29. The molecule has 2 heteroatoms. The second-order valence-corrected chi connectivity index (χ2v) is 6.21. The molecule has 0 atom stereocenters. The van der Waals surface area contributed by atoms with Gasteiger partial charge in [-0.15, -0.1) is 0 Å². The zero-order chi connectivity index (χ0) is 15.1. The Kier molecular flexibility index (Phi) is 3.12. The van der Waals surface area contributed by atoms with E-state index >= 15 is 0 Å². The standard InChI is InChI=1S/C20H14BrN/c21-18-12-6-5-11-17(18)19-13-7-1-3-9-15(13)20(22)16-10-4-2-8-14(16)19/h1-12H,22H2. The van der Waals surface area contributed by atoms with Gasteiger partial charge in [-0.25, -0.2) is 0 Å². The smallest absolute Gasteiger partial charge is 0.0473 e. The Morgan fingerprint density at radius 1 is 0.591 bits per heavy atom. The molecule has 0 amide bonds. The van der Waals surface area contributed by atoms with Crippen LogP contribution in [0.1, 0.15) is 0 Å². The molecule has 0 aliphatic rings. The van der Waals surface area contributed by atoms with Gasteiger partial charge in [0, 0.05) is 20.9 Å². The van der Waals surface area contributed by atoms with E-state index < -0.39 is 0 Å². The first kappa shape index (κ1) is 13.4. The Hall–Kier alpha value is -2.32. The summed E-state index contributed by atoms with van der Waals surface area (Å²) >= 11 is 3.69. The van der Waals surface area contributed by atoms with E-state index in [4.69, 9.17) is 5.73 Å². The van der Waals surface area contributed by atoms with E-state index in [0.717, 1.165) is 20.9 Å². The second kappa shape index (κ2) is 5.15. The highest BCUT2D eigenvalue weighted by atomic mass is 79.9. The summed E-state index contributed by atoms with van der Waals surface area (Å²) in [5.41, 5.74) is 9.70. The van der Waals surface area contributed by atoms with Gasteiger partial charge in [-0.2, -0.15) is 0 Å². The lowest BCUT2D eigenvalue weighted by Gasteiger charge is -2.15. The zero-order valence-electron chi connectivity index (χ0n) is 11.9. The molecular weight excluding hydrogens is 334 g/mol. The van der Waals surface area contributed by atoms with Crippen molar-refractivity contribution in [3.8, 4) is 11.1 Å². The maximum Gasteiger partial charge on any atom is 0.0473 e. The molecule has 1 nitrogen and oxygen atoms in total. The Morgan fingerprint density at radius 2 is 1.05 bits per heavy atom. The monoisotopic (exact) mass is 347 g/mol. The fraction of sp³-hybridized carbons (Fsp3) is 0. The molecule has 0 aliphatic heterocycles. The molecule has 0 saturated carbocycles. The van der Waals surface area contributed by atoms with Gasteiger partial charge >= 0.3 is 0 Å². The maximum absolute atomic E-state index is 6.43. The van der Waals surface area contributed by atoms with Crippen molar-refractivity contribution < 1.29 is 0 Å². The lowest BCUT2D eigenvalue weighted by molar-refractivity contribution is 1.63. The topological polar surface area (TPSA) is 26.0 Å². The molecule has 2 N–H and O–H groups in total. The zero-order valence-corrected chi connectivity index (χ0v) is 13.5. The van der Waals surface area contributed by atoms with Crippen LogP contribution in [0, 0.1) is 0 Å². The van der Waals surface area contributed by atoms with Crippen molar-refractivity contribution in [1.29, 1.82) is 0 Å². The van der Waals surface area contributed by atoms with Crippen LogP contribution in [0.3, 0.4) is 0 Å². The van der Waals surface area contributed by atoms with Crippen molar-refractivity contribution in [3.63, 3.8) is 0 Å². The van der Waals surface area contributed by atoms with Crippen molar-refractivity contribution >= 4 is 43.2 Å². The van der Waals surface area contributed by atoms with Crippen LogP contribution in [0.15, 0.2) is 77.3 Å². The fourth-order valence-electron chi connectivity index (χ4n) is 3.12. The van der Waals surface area contributed by atoms with Crippen LogP contribution < -0.4 is 5.73 Å². The molecule has 4 aromatic rings. The van der Waals surface area contributed by atoms with Crippen LogP contribution in [0.4, 0.5) is 5.69 Å². The summed E-state index contributed by atoms with van der Waals surface area (Å²) in [6.07, 6.45) is 0. The van der Waals surface area contributed by atoms with Gasteiger partial charge in [-0.05, 0) is 28.0 Å². The van der Waals surface area contributed by atoms with Crippen molar-refractivity contribution in [3.05, 3.63) is 77.3 Å². The van der Waals surface area contributed by atoms with Gasteiger partial charge in [0.1, 0.15) is 0 Å². The number of nitrogen functional groups attached to an aromatic ring is 1. The average molecular weight is 348 g/mol. The van der Waals surface area contributed by atoms with Crippen LogP contribution in [-0.4, -0.2) is 0 Å². The third kappa shape index (κ3) is 1.92. The maximum atomic E-state index is 6.43. The largest absolute Gasteiger partial charge is 0.398 e. The van der Waals surface area contributed by atoms with Gasteiger partial charge in [0.2, 0.25) is 0 Å². The summed E-state index contributed by atoms with van der Waals surface area (Å²) in [4.78, 5) is 0. The predicted octanol–water partition coefficient (Wildman–Crippen LogP) is 6.00. The number of hydrogen-bond donors (Lipinski definition) is 1. The highest BCUT2D eigenvalue weighted by molar-refractivity contribution is 9.10. The van der Waals surface area contributed by atoms with Gasteiger partial charge in [-0.1, -0.05) is 82.7 Å². The summed E-state index contributed by atoms with van der Waals surface area (Å²) in [5.74, 6) is 0. The number of halogens is 1. The van der Waals surface area contributed by atoms with E-state index in [9.17, 15) is 0 Å². The molecule has 4 aromatic carbocycles. The first-order valence-electron chi connectivity index (χ1n) is 7.21.